The second kappa shape index (κ2) is 4.10. The van der Waals surface area contributed by atoms with Crippen molar-refractivity contribution in [3.8, 4) is 0 Å². The van der Waals surface area contributed by atoms with Crippen LogP contribution in [-0.2, 0) is 0 Å². The standard InChI is InChI=1S/C10H16/c1-6-10(9(4)5)7-8(2)3/h6-7H,1H2,2-5H3. The lowest BCUT2D eigenvalue weighted by atomic mass is 10.1. The fourth-order valence-electron chi connectivity index (χ4n) is 0.718. The molecule has 0 atom stereocenters. The zero-order chi connectivity index (χ0) is 8.15. The highest BCUT2D eigenvalue weighted by Crippen LogP contribution is 2.08. The van der Waals surface area contributed by atoms with Crippen LogP contribution in [0.3, 0.4) is 0 Å². The molecule has 0 aromatic carbocycles. The fraction of sp³-hybridized carbons (Fsp3) is 0.400. The third-order valence-corrected chi connectivity index (χ3v) is 1.24. The SMILES string of the molecule is C=CC(C=C(C)C)=C(C)C. The molecule has 0 spiro atoms. The van der Waals surface area contributed by atoms with Crippen molar-refractivity contribution >= 4 is 0 Å². The first-order valence-corrected chi connectivity index (χ1v) is 3.52. The first kappa shape index (κ1) is 9.22. The van der Waals surface area contributed by atoms with Gasteiger partial charge in [0.1, 0.15) is 0 Å². The molecule has 0 saturated carbocycles. The number of allylic oxidation sites excluding steroid dienone is 5. The van der Waals surface area contributed by atoms with E-state index in [-0.39, 0.29) is 0 Å². The van der Waals surface area contributed by atoms with Crippen LogP contribution in [0.4, 0.5) is 0 Å². The van der Waals surface area contributed by atoms with Gasteiger partial charge in [0.25, 0.3) is 0 Å². The molecule has 10 heavy (non-hydrogen) atoms. The maximum absolute atomic E-state index is 3.73. The lowest BCUT2D eigenvalue weighted by Gasteiger charge is -1.97. The van der Waals surface area contributed by atoms with E-state index in [0.29, 0.717) is 0 Å². The lowest BCUT2D eigenvalue weighted by molar-refractivity contribution is 1.31. The van der Waals surface area contributed by atoms with Crippen LogP contribution < -0.4 is 0 Å². The van der Waals surface area contributed by atoms with Crippen LogP contribution in [-0.4, -0.2) is 0 Å². The molecule has 0 rings (SSSR count). The van der Waals surface area contributed by atoms with Crippen molar-refractivity contribution in [3.05, 3.63) is 35.5 Å². The predicted octanol–water partition coefficient (Wildman–Crippen LogP) is 3.48. The van der Waals surface area contributed by atoms with Crippen LogP contribution in [0.25, 0.3) is 0 Å². The molecule has 0 N–H and O–H groups in total. The third-order valence-electron chi connectivity index (χ3n) is 1.24. The Morgan fingerprint density at radius 3 is 1.70 bits per heavy atom. The van der Waals surface area contributed by atoms with Crippen molar-refractivity contribution in [2.75, 3.05) is 0 Å². The van der Waals surface area contributed by atoms with Crippen LogP contribution in [0.1, 0.15) is 27.7 Å². The van der Waals surface area contributed by atoms with E-state index >= 15 is 0 Å². The zero-order valence-corrected chi connectivity index (χ0v) is 7.36. The van der Waals surface area contributed by atoms with E-state index < -0.39 is 0 Å². The van der Waals surface area contributed by atoms with Gasteiger partial charge in [0, 0.05) is 0 Å². The van der Waals surface area contributed by atoms with Gasteiger partial charge in [0.05, 0.1) is 0 Å². The van der Waals surface area contributed by atoms with Gasteiger partial charge in [-0.15, -0.1) is 0 Å². The van der Waals surface area contributed by atoms with Crippen molar-refractivity contribution < 1.29 is 0 Å². The van der Waals surface area contributed by atoms with Gasteiger partial charge in [-0.3, -0.25) is 0 Å². The molecule has 0 aromatic rings. The molecule has 0 unspecified atom stereocenters. The van der Waals surface area contributed by atoms with E-state index in [9.17, 15) is 0 Å². The second-order valence-electron chi connectivity index (χ2n) is 2.88. The molecule has 0 radical (unpaired) electrons. The van der Waals surface area contributed by atoms with Gasteiger partial charge in [0.2, 0.25) is 0 Å². The normalized spacial score (nSPS) is 8.40. The molecule has 0 bridgehead atoms. The summed E-state index contributed by atoms with van der Waals surface area (Å²) in [6.07, 6.45) is 4.03. The largest absolute Gasteiger partial charge is 0.0985 e. The summed E-state index contributed by atoms with van der Waals surface area (Å²) in [5, 5.41) is 0. The highest BCUT2D eigenvalue weighted by molar-refractivity contribution is 5.34. The highest BCUT2D eigenvalue weighted by atomic mass is 13.9. The minimum atomic E-state index is 1.24. The van der Waals surface area contributed by atoms with Crippen LogP contribution >= 0.6 is 0 Å². The van der Waals surface area contributed by atoms with Gasteiger partial charge in [-0.2, -0.15) is 0 Å². The van der Waals surface area contributed by atoms with E-state index in [1.807, 2.05) is 6.08 Å². The maximum Gasteiger partial charge on any atom is -0.0277 e. The van der Waals surface area contributed by atoms with Crippen molar-refractivity contribution in [3.63, 3.8) is 0 Å². The summed E-state index contributed by atoms with van der Waals surface area (Å²) in [6, 6.07) is 0. The molecule has 0 saturated heterocycles. The Bertz CT molecular complexity index is 172. The Balaban J connectivity index is 4.56. The van der Waals surface area contributed by atoms with E-state index in [0.717, 1.165) is 0 Å². The molecule has 0 aliphatic carbocycles. The quantitative estimate of drug-likeness (QED) is 0.510. The minimum absolute atomic E-state index is 1.24. The Labute approximate surface area is 64.0 Å². The van der Waals surface area contributed by atoms with Crippen molar-refractivity contribution in [1.82, 2.24) is 0 Å². The minimum Gasteiger partial charge on any atom is -0.0985 e. The predicted molar refractivity (Wildman–Crippen MR) is 48.0 cm³/mol. The molecule has 0 amide bonds. The Morgan fingerprint density at radius 2 is 1.60 bits per heavy atom. The van der Waals surface area contributed by atoms with Gasteiger partial charge in [-0.1, -0.05) is 29.9 Å². The van der Waals surface area contributed by atoms with E-state index in [1.165, 1.54) is 16.7 Å². The summed E-state index contributed by atoms with van der Waals surface area (Å²) >= 11 is 0. The van der Waals surface area contributed by atoms with E-state index in [4.69, 9.17) is 0 Å². The molecular formula is C10H16. The first-order valence-electron chi connectivity index (χ1n) is 3.52. The summed E-state index contributed by atoms with van der Waals surface area (Å²) in [5.74, 6) is 0. The molecule has 0 aliphatic heterocycles. The number of hydrogen-bond donors (Lipinski definition) is 0. The summed E-state index contributed by atoms with van der Waals surface area (Å²) in [7, 11) is 0. The van der Waals surface area contributed by atoms with Crippen LogP contribution in [0.5, 0.6) is 0 Å². The molecular weight excluding hydrogens is 120 g/mol. The van der Waals surface area contributed by atoms with Crippen molar-refractivity contribution in [1.29, 1.82) is 0 Å². The van der Waals surface area contributed by atoms with E-state index in [2.05, 4.69) is 40.3 Å². The van der Waals surface area contributed by atoms with Crippen LogP contribution in [0.2, 0.25) is 0 Å². The first-order chi connectivity index (χ1) is 4.57. The maximum atomic E-state index is 3.73. The molecule has 0 heteroatoms. The third kappa shape index (κ3) is 3.29. The summed E-state index contributed by atoms with van der Waals surface area (Å²) in [5.41, 5.74) is 3.87. The molecule has 0 nitrogen and oxygen atoms in total. The smallest absolute Gasteiger partial charge is 0.0277 e. The Kier molecular flexibility index (Phi) is 3.78. The monoisotopic (exact) mass is 136 g/mol. The van der Waals surface area contributed by atoms with Gasteiger partial charge in [-0.25, -0.2) is 0 Å². The summed E-state index contributed by atoms with van der Waals surface area (Å²) in [6.45, 7) is 12.1. The molecule has 0 aromatic heterocycles. The van der Waals surface area contributed by atoms with Gasteiger partial charge in [-0.05, 0) is 33.3 Å². The van der Waals surface area contributed by atoms with Crippen LogP contribution in [0, 0.1) is 0 Å². The zero-order valence-electron chi connectivity index (χ0n) is 7.36. The summed E-state index contributed by atoms with van der Waals surface area (Å²) in [4.78, 5) is 0. The van der Waals surface area contributed by atoms with Crippen LogP contribution in [0.15, 0.2) is 35.5 Å². The fourth-order valence-corrected chi connectivity index (χ4v) is 0.718. The number of hydrogen-bond acceptors (Lipinski definition) is 0. The molecule has 0 heterocycles. The second-order valence-corrected chi connectivity index (χ2v) is 2.88. The average molecular weight is 136 g/mol. The summed E-state index contributed by atoms with van der Waals surface area (Å²) < 4.78 is 0. The highest BCUT2D eigenvalue weighted by Gasteiger charge is 1.87. The molecule has 56 valence electrons. The van der Waals surface area contributed by atoms with Crippen molar-refractivity contribution in [2.45, 2.75) is 27.7 Å². The van der Waals surface area contributed by atoms with Crippen molar-refractivity contribution in [2.24, 2.45) is 0 Å². The number of rotatable bonds is 2. The van der Waals surface area contributed by atoms with Gasteiger partial charge in [0.15, 0.2) is 0 Å². The molecule has 0 fully saturated rings. The lowest BCUT2D eigenvalue weighted by Crippen LogP contribution is -1.76. The Hall–Kier alpha value is -0.780. The van der Waals surface area contributed by atoms with Gasteiger partial charge < -0.3 is 0 Å². The Morgan fingerprint density at radius 1 is 1.10 bits per heavy atom. The van der Waals surface area contributed by atoms with Gasteiger partial charge >= 0.3 is 0 Å². The van der Waals surface area contributed by atoms with E-state index in [1.54, 1.807) is 0 Å². The topological polar surface area (TPSA) is 0 Å². The molecule has 0 aliphatic rings. The average Bonchev–Trinajstić information content (AvgIpc) is 1.81.